The monoisotopic (exact) mass is 331 g/mol. The summed E-state index contributed by atoms with van der Waals surface area (Å²) in [6.45, 7) is 2.22. The topological polar surface area (TPSA) is 67.2 Å². The first-order valence-electron chi connectivity index (χ1n) is 6.92. The van der Waals surface area contributed by atoms with Crippen LogP contribution in [0.3, 0.4) is 0 Å². The number of amides is 2. The summed E-state index contributed by atoms with van der Waals surface area (Å²) in [5.41, 5.74) is 1.24. The van der Waals surface area contributed by atoms with Gasteiger partial charge in [-0.3, -0.25) is 0 Å². The number of hydrogen-bond donors (Lipinski definition) is 2. The van der Waals surface area contributed by atoms with E-state index in [1.54, 1.807) is 18.4 Å². The van der Waals surface area contributed by atoms with Crippen LogP contribution in [0.1, 0.15) is 10.6 Å². The van der Waals surface area contributed by atoms with Crippen molar-refractivity contribution in [3.63, 3.8) is 0 Å². The number of urea groups is 1. The fraction of sp³-hybridized carbons (Fsp3) is 0.125. The SMILES string of the molecule is Cc1nc(-c2ccco2)sc1CNC(=O)Nc1cccc(F)c1. The third-order valence-electron chi connectivity index (χ3n) is 3.12. The Morgan fingerprint density at radius 2 is 2.22 bits per heavy atom. The Morgan fingerprint density at radius 1 is 1.35 bits per heavy atom. The summed E-state index contributed by atoms with van der Waals surface area (Å²) in [6.07, 6.45) is 1.59. The number of nitrogens with zero attached hydrogens (tertiary/aromatic N) is 1. The van der Waals surface area contributed by atoms with Gasteiger partial charge in [0, 0.05) is 10.6 Å². The zero-order chi connectivity index (χ0) is 16.2. The zero-order valence-corrected chi connectivity index (χ0v) is 13.1. The van der Waals surface area contributed by atoms with Crippen molar-refractivity contribution in [3.8, 4) is 10.8 Å². The Kier molecular flexibility index (Phi) is 4.38. The van der Waals surface area contributed by atoms with Crippen molar-refractivity contribution in [2.24, 2.45) is 0 Å². The van der Waals surface area contributed by atoms with Crippen LogP contribution in [0.15, 0.2) is 47.1 Å². The van der Waals surface area contributed by atoms with Gasteiger partial charge in [-0.2, -0.15) is 0 Å². The minimum absolute atomic E-state index is 0.339. The predicted molar refractivity (Wildman–Crippen MR) is 86.8 cm³/mol. The van der Waals surface area contributed by atoms with Crippen molar-refractivity contribution in [1.29, 1.82) is 0 Å². The van der Waals surface area contributed by atoms with Gasteiger partial charge < -0.3 is 15.1 Å². The first-order valence-corrected chi connectivity index (χ1v) is 7.74. The third kappa shape index (κ3) is 3.75. The van der Waals surface area contributed by atoms with Crippen LogP contribution < -0.4 is 10.6 Å². The minimum atomic E-state index is -0.400. The van der Waals surface area contributed by atoms with E-state index in [0.717, 1.165) is 15.6 Å². The van der Waals surface area contributed by atoms with Crippen LogP contribution in [0, 0.1) is 12.7 Å². The quantitative estimate of drug-likeness (QED) is 0.754. The fourth-order valence-corrected chi connectivity index (χ4v) is 2.97. The molecule has 0 saturated heterocycles. The highest BCUT2D eigenvalue weighted by atomic mass is 32.1. The molecule has 2 aromatic heterocycles. The van der Waals surface area contributed by atoms with Crippen LogP contribution in [-0.2, 0) is 6.54 Å². The van der Waals surface area contributed by atoms with E-state index in [0.29, 0.717) is 18.0 Å². The molecule has 0 bridgehead atoms. The maximum Gasteiger partial charge on any atom is 0.319 e. The molecule has 2 amide bonds. The molecule has 0 aliphatic heterocycles. The van der Waals surface area contributed by atoms with Crippen molar-refractivity contribution >= 4 is 23.1 Å². The van der Waals surface area contributed by atoms with Gasteiger partial charge >= 0.3 is 6.03 Å². The smallest absolute Gasteiger partial charge is 0.319 e. The molecule has 1 aromatic carbocycles. The van der Waals surface area contributed by atoms with Gasteiger partial charge in [0.1, 0.15) is 5.82 Å². The van der Waals surface area contributed by atoms with Gasteiger partial charge in [0.2, 0.25) is 0 Å². The highest BCUT2D eigenvalue weighted by Gasteiger charge is 2.12. The van der Waals surface area contributed by atoms with Crippen LogP contribution in [0.25, 0.3) is 10.8 Å². The van der Waals surface area contributed by atoms with E-state index in [1.165, 1.54) is 29.5 Å². The molecule has 5 nitrogen and oxygen atoms in total. The summed E-state index contributed by atoms with van der Waals surface area (Å²) in [5, 5.41) is 6.09. The molecule has 0 atom stereocenters. The van der Waals surface area contributed by atoms with E-state index in [9.17, 15) is 9.18 Å². The van der Waals surface area contributed by atoms with Crippen LogP contribution >= 0.6 is 11.3 Å². The van der Waals surface area contributed by atoms with Crippen LogP contribution in [-0.4, -0.2) is 11.0 Å². The molecule has 3 rings (SSSR count). The number of aryl methyl sites for hydroxylation is 1. The van der Waals surface area contributed by atoms with E-state index < -0.39 is 11.8 Å². The molecule has 0 fully saturated rings. The molecule has 3 aromatic rings. The summed E-state index contributed by atoms with van der Waals surface area (Å²) in [6, 6.07) is 8.97. The standard InChI is InChI=1S/C16H14FN3O2S/c1-10-14(23-15(19-10)13-6-3-7-22-13)9-18-16(21)20-12-5-2-4-11(17)8-12/h2-8H,9H2,1H3,(H2,18,20,21). The highest BCUT2D eigenvalue weighted by molar-refractivity contribution is 7.15. The summed E-state index contributed by atoms with van der Waals surface area (Å²) < 4.78 is 18.4. The van der Waals surface area contributed by atoms with E-state index in [1.807, 2.05) is 13.0 Å². The third-order valence-corrected chi connectivity index (χ3v) is 4.29. The van der Waals surface area contributed by atoms with Gasteiger partial charge in [0.25, 0.3) is 0 Å². The summed E-state index contributed by atoms with van der Waals surface area (Å²) in [4.78, 5) is 17.2. The number of anilines is 1. The van der Waals surface area contributed by atoms with Crippen LogP contribution in [0.5, 0.6) is 0 Å². The van der Waals surface area contributed by atoms with E-state index >= 15 is 0 Å². The lowest BCUT2D eigenvalue weighted by Crippen LogP contribution is -2.28. The number of halogens is 1. The molecule has 0 aliphatic rings. The summed E-state index contributed by atoms with van der Waals surface area (Å²) in [5.74, 6) is 0.303. The molecule has 0 spiro atoms. The van der Waals surface area contributed by atoms with Gasteiger partial charge in [-0.05, 0) is 37.3 Å². The zero-order valence-electron chi connectivity index (χ0n) is 12.3. The van der Waals surface area contributed by atoms with Crippen molar-refractivity contribution in [1.82, 2.24) is 10.3 Å². The van der Waals surface area contributed by atoms with Gasteiger partial charge in [-0.15, -0.1) is 11.3 Å². The maximum absolute atomic E-state index is 13.1. The van der Waals surface area contributed by atoms with Gasteiger partial charge in [0.05, 0.1) is 18.5 Å². The first kappa shape index (κ1) is 15.2. The van der Waals surface area contributed by atoms with Crippen LogP contribution in [0.2, 0.25) is 0 Å². The molecule has 2 N–H and O–H groups in total. The Hall–Kier alpha value is -2.67. The second-order valence-corrected chi connectivity index (χ2v) is 5.91. The van der Waals surface area contributed by atoms with E-state index in [4.69, 9.17) is 4.42 Å². The van der Waals surface area contributed by atoms with Gasteiger partial charge in [0.15, 0.2) is 10.8 Å². The average Bonchev–Trinajstić information content (AvgIpc) is 3.14. The Bertz CT molecular complexity index is 815. The number of nitrogens with one attached hydrogen (secondary N) is 2. The fourth-order valence-electron chi connectivity index (χ4n) is 2.00. The molecule has 0 aliphatic carbocycles. The number of furan rings is 1. The number of hydrogen-bond acceptors (Lipinski definition) is 4. The van der Waals surface area contributed by atoms with E-state index in [2.05, 4.69) is 15.6 Å². The molecule has 7 heteroatoms. The van der Waals surface area contributed by atoms with Gasteiger partial charge in [-0.25, -0.2) is 14.2 Å². The molecule has 0 radical (unpaired) electrons. The Balaban J connectivity index is 1.61. The van der Waals surface area contributed by atoms with Crippen LogP contribution in [0.4, 0.5) is 14.9 Å². The number of benzene rings is 1. The predicted octanol–water partition coefficient (Wildman–Crippen LogP) is 4.17. The van der Waals surface area contributed by atoms with Gasteiger partial charge in [-0.1, -0.05) is 6.07 Å². The molecule has 2 heterocycles. The second kappa shape index (κ2) is 6.62. The highest BCUT2D eigenvalue weighted by Crippen LogP contribution is 2.28. The molecule has 118 valence electrons. The number of thiazole rings is 1. The summed E-state index contributed by atoms with van der Waals surface area (Å²) in [7, 11) is 0. The molecular weight excluding hydrogens is 317 g/mol. The lowest BCUT2D eigenvalue weighted by molar-refractivity contribution is 0.252. The minimum Gasteiger partial charge on any atom is -0.462 e. The van der Waals surface area contributed by atoms with Crippen molar-refractivity contribution in [2.75, 3.05) is 5.32 Å². The number of aromatic nitrogens is 1. The molecule has 0 unspecified atom stereocenters. The van der Waals surface area contributed by atoms with Crippen molar-refractivity contribution in [3.05, 3.63) is 59.0 Å². The lowest BCUT2D eigenvalue weighted by Gasteiger charge is -2.06. The molecule has 23 heavy (non-hydrogen) atoms. The maximum atomic E-state index is 13.1. The van der Waals surface area contributed by atoms with E-state index in [-0.39, 0.29) is 0 Å². The average molecular weight is 331 g/mol. The largest absolute Gasteiger partial charge is 0.462 e. The Morgan fingerprint density at radius 3 is 2.96 bits per heavy atom. The molecular formula is C16H14FN3O2S. The normalized spacial score (nSPS) is 10.5. The second-order valence-electron chi connectivity index (χ2n) is 4.82. The first-order chi connectivity index (χ1) is 11.1. The number of carbonyl (C=O) groups is 1. The van der Waals surface area contributed by atoms with Crippen molar-refractivity contribution < 1.29 is 13.6 Å². The summed E-state index contributed by atoms with van der Waals surface area (Å²) >= 11 is 1.46. The van der Waals surface area contributed by atoms with Crippen molar-refractivity contribution in [2.45, 2.75) is 13.5 Å². The lowest BCUT2D eigenvalue weighted by atomic mass is 10.3. The number of carbonyl (C=O) groups excluding carboxylic acids is 1. The number of rotatable bonds is 4. The molecule has 0 saturated carbocycles. The Labute approximate surface area is 136 Å².